The van der Waals surface area contributed by atoms with Crippen molar-refractivity contribution in [2.24, 2.45) is 0 Å². The van der Waals surface area contributed by atoms with E-state index in [-0.39, 0.29) is 33.0 Å². The van der Waals surface area contributed by atoms with Gasteiger partial charge in [-0.3, -0.25) is 0 Å². The third-order valence-corrected chi connectivity index (χ3v) is 7.51. The fraction of sp³-hybridized carbons (Fsp3) is 0.167. The molecule has 0 N–H and O–H groups in total. The predicted molar refractivity (Wildman–Crippen MR) is 168 cm³/mol. The van der Waals surface area contributed by atoms with E-state index in [1.807, 2.05) is 78.3 Å². The van der Waals surface area contributed by atoms with Crippen molar-refractivity contribution in [2.75, 3.05) is 23.3 Å². The van der Waals surface area contributed by atoms with Gasteiger partial charge in [-0.2, -0.15) is 12.1 Å². The van der Waals surface area contributed by atoms with E-state index in [4.69, 9.17) is 13.8 Å². The first-order valence-corrected chi connectivity index (χ1v) is 13.7. The Kier molecular flexibility index (Phi) is 6.40. The van der Waals surface area contributed by atoms with E-state index in [1.165, 1.54) is 10.5 Å². The molecule has 0 atom stereocenters. The SMILES string of the molecule is [2H]C([2H])([2H])N1C[CH-]N(c2[c-]c(Oc3[c-]c4c(cc3)c3ccccc3n4-c3cc(C(C)(C)C)ccn3)ccc2)c2ccccc21.[Pt]. The van der Waals surface area contributed by atoms with Crippen molar-refractivity contribution >= 4 is 38.9 Å². The third kappa shape index (κ3) is 4.97. The molecule has 0 fully saturated rings. The maximum atomic E-state index is 7.97. The Morgan fingerprint density at radius 3 is 2.48 bits per heavy atom. The van der Waals surface area contributed by atoms with Crippen LogP contribution in [0.3, 0.4) is 0 Å². The Hall–Kier alpha value is -4.08. The van der Waals surface area contributed by atoms with Gasteiger partial charge in [0.25, 0.3) is 0 Å². The summed E-state index contributed by atoms with van der Waals surface area (Å²) in [6, 6.07) is 36.6. The summed E-state index contributed by atoms with van der Waals surface area (Å²) in [5.41, 5.74) is 5.27. The second-order valence-electron chi connectivity index (χ2n) is 11.2. The summed E-state index contributed by atoms with van der Waals surface area (Å²) in [5, 5.41) is 2.18. The van der Waals surface area contributed by atoms with E-state index in [9.17, 15) is 0 Å². The molecule has 1 aliphatic heterocycles. The van der Waals surface area contributed by atoms with Crippen LogP contribution in [0.25, 0.3) is 27.6 Å². The first-order valence-electron chi connectivity index (χ1n) is 15.2. The van der Waals surface area contributed by atoms with Crippen molar-refractivity contribution in [1.82, 2.24) is 9.55 Å². The Morgan fingerprint density at radius 2 is 1.64 bits per heavy atom. The maximum Gasteiger partial charge on any atom is 0.135 e. The number of pyridine rings is 1. The van der Waals surface area contributed by atoms with Crippen LogP contribution >= 0.6 is 0 Å². The number of ether oxygens (including phenoxy) is 1. The maximum absolute atomic E-state index is 7.97. The van der Waals surface area contributed by atoms with Crippen molar-refractivity contribution < 1.29 is 29.9 Å². The molecule has 2 aromatic heterocycles. The molecule has 0 saturated carbocycles. The molecule has 0 radical (unpaired) electrons. The van der Waals surface area contributed by atoms with Gasteiger partial charge in [0.1, 0.15) is 5.82 Å². The zero-order valence-corrected chi connectivity index (χ0v) is 25.8. The van der Waals surface area contributed by atoms with Gasteiger partial charge in [0.2, 0.25) is 0 Å². The van der Waals surface area contributed by atoms with Gasteiger partial charge in [-0.05, 0) is 46.7 Å². The number of aromatic nitrogens is 2. The summed E-state index contributed by atoms with van der Waals surface area (Å²) >= 11 is 0. The zero-order chi connectivity index (χ0) is 30.6. The number of anilines is 3. The van der Waals surface area contributed by atoms with Gasteiger partial charge >= 0.3 is 0 Å². The second-order valence-corrected chi connectivity index (χ2v) is 11.2. The van der Waals surface area contributed by atoms with Gasteiger partial charge in [0.05, 0.1) is 5.69 Å². The van der Waals surface area contributed by atoms with E-state index in [0.29, 0.717) is 17.2 Å². The summed E-state index contributed by atoms with van der Waals surface area (Å²) < 4.78 is 32.4. The van der Waals surface area contributed by atoms with Crippen molar-refractivity contribution in [3.05, 3.63) is 121 Å². The fourth-order valence-electron chi connectivity index (χ4n) is 5.42. The molecule has 4 aromatic carbocycles. The van der Waals surface area contributed by atoms with Crippen LogP contribution in [0.2, 0.25) is 0 Å². The number of benzene rings is 4. The van der Waals surface area contributed by atoms with Gasteiger partial charge in [-0.1, -0.05) is 63.2 Å². The summed E-state index contributed by atoms with van der Waals surface area (Å²) in [4.78, 5) is 8.15. The van der Waals surface area contributed by atoms with E-state index in [0.717, 1.165) is 39.0 Å². The van der Waals surface area contributed by atoms with Crippen LogP contribution in [-0.4, -0.2) is 23.1 Å². The van der Waals surface area contributed by atoms with Gasteiger partial charge in [-0.25, -0.2) is 11.5 Å². The normalized spacial score (nSPS) is 14.6. The van der Waals surface area contributed by atoms with Crippen LogP contribution < -0.4 is 14.5 Å². The number of fused-ring (bicyclic) bond motifs is 4. The number of hydrogen-bond acceptors (Lipinski definition) is 4. The zero-order valence-electron chi connectivity index (χ0n) is 26.5. The minimum absolute atomic E-state index is 0. The molecule has 5 nitrogen and oxygen atoms in total. The molecule has 0 spiro atoms. The average Bonchev–Trinajstić information content (AvgIpc) is 3.33. The Balaban J connectivity index is 0.00000357. The van der Waals surface area contributed by atoms with Crippen LogP contribution in [0.1, 0.15) is 30.4 Å². The number of hydrogen-bond donors (Lipinski definition) is 0. The minimum Gasteiger partial charge on any atom is -0.511 e. The summed E-state index contributed by atoms with van der Waals surface area (Å²) in [7, 11) is 0. The standard InChI is InChI=1S/C36H31N4O.Pt/c1-36(2,3)25-18-19-37-35(22-25)40-31-13-6-5-12-29(31)30-17-16-28(24-34(30)40)41-27-11-9-10-26(23-27)39-21-20-38(4)32-14-7-8-15-33(32)39;/h5-19,21-22H,20H2,1-4H3;/q-3;/i4D3;. The third-order valence-electron chi connectivity index (χ3n) is 7.51. The number of para-hydroxylation sites is 3. The molecule has 0 bridgehead atoms. The Morgan fingerprint density at radius 1 is 0.857 bits per heavy atom. The first-order chi connectivity index (χ1) is 21.1. The summed E-state index contributed by atoms with van der Waals surface area (Å²) in [5.74, 6) is 1.91. The van der Waals surface area contributed by atoms with Crippen LogP contribution in [0.4, 0.5) is 17.1 Å². The van der Waals surface area contributed by atoms with Crippen molar-refractivity contribution in [2.45, 2.75) is 26.2 Å². The predicted octanol–water partition coefficient (Wildman–Crippen LogP) is 8.62. The molecule has 6 aromatic rings. The van der Waals surface area contributed by atoms with Crippen molar-refractivity contribution in [1.29, 1.82) is 0 Å². The Bertz CT molecular complexity index is 2010. The molecule has 3 heterocycles. The molecule has 42 heavy (non-hydrogen) atoms. The van der Waals surface area contributed by atoms with E-state index in [1.54, 1.807) is 0 Å². The topological polar surface area (TPSA) is 33.5 Å². The molecule has 0 aliphatic carbocycles. The average molecular weight is 734 g/mol. The van der Waals surface area contributed by atoms with Gasteiger partial charge in [0.15, 0.2) is 0 Å². The quantitative estimate of drug-likeness (QED) is 0.170. The second kappa shape index (κ2) is 11.0. The van der Waals surface area contributed by atoms with Gasteiger partial charge in [0, 0.05) is 61.1 Å². The van der Waals surface area contributed by atoms with Gasteiger partial charge < -0.3 is 19.1 Å². The van der Waals surface area contributed by atoms with E-state index in [2.05, 4.69) is 67.8 Å². The molecular weight excluding hydrogens is 700 g/mol. The van der Waals surface area contributed by atoms with E-state index < -0.39 is 6.98 Å². The molecule has 6 heteroatoms. The molecule has 0 unspecified atom stereocenters. The van der Waals surface area contributed by atoms with Crippen molar-refractivity contribution in [3.8, 4) is 17.3 Å². The van der Waals surface area contributed by atoms with Gasteiger partial charge in [-0.15, -0.1) is 41.4 Å². The smallest absolute Gasteiger partial charge is 0.135 e. The van der Waals surface area contributed by atoms with Crippen molar-refractivity contribution in [3.63, 3.8) is 0 Å². The van der Waals surface area contributed by atoms with Crippen LogP contribution in [0.15, 0.2) is 97.2 Å². The Labute approximate surface area is 265 Å². The summed E-state index contributed by atoms with van der Waals surface area (Å²) in [6.07, 6.45) is 1.87. The molecular formula is C36H31N4OPt-3. The number of likely N-dealkylation sites (N-methyl/N-ethyl adjacent to an activating group) is 1. The molecule has 1 aliphatic rings. The minimum atomic E-state index is -2.24. The van der Waals surface area contributed by atoms with E-state index >= 15 is 0 Å². The number of nitrogens with zero attached hydrogens (tertiary/aromatic N) is 4. The largest absolute Gasteiger partial charge is 0.511 e. The molecule has 0 amide bonds. The molecule has 7 rings (SSSR count). The van der Waals surface area contributed by atoms with Crippen LogP contribution in [0.5, 0.6) is 11.5 Å². The summed E-state index contributed by atoms with van der Waals surface area (Å²) in [6.45, 7) is 6.46. The first kappa shape index (κ1) is 24.5. The molecule has 214 valence electrons. The monoisotopic (exact) mass is 733 g/mol. The molecule has 0 saturated heterocycles. The van der Waals surface area contributed by atoms with Crippen LogP contribution in [-0.2, 0) is 26.5 Å². The van der Waals surface area contributed by atoms with Crippen LogP contribution in [0, 0.1) is 18.7 Å². The fourth-order valence-corrected chi connectivity index (χ4v) is 5.42. The number of rotatable bonds is 4.